The van der Waals surface area contributed by atoms with Crippen LogP contribution in [0.5, 0.6) is 0 Å². The van der Waals surface area contributed by atoms with Crippen molar-refractivity contribution in [1.82, 2.24) is 14.8 Å². The van der Waals surface area contributed by atoms with Crippen molar-refractivity contribution in [3.63, 3.8) is 0 Å². The van der Waals surface area contributed by atoms with Crippen LogP contribution in [0, 0.1) is 12.7 Å². The van der Waals surface area contributed by atoms with Gasteiger partial charge in [0, 0.05) is 11.8 Å². The van der Waals surface area contributed by atoms with E-state index in [-0.39, 0.29) is 11.4 Å². The van der Waals surface area contributed by atoms with Crippen LogP contribution in [0.3, 0.4) is 0 Å². The fraction of sp³-hybridized carbons (Fsp3) is 0.0667. The first-order chi connectivity index (χ1) is 10.0. The summed E-state index contributed by atoms with van der Waals surface area (Å²) in [5.41, 5.74) is 2.76. The van der Waals surface area contributed by atoms with Gasteiger partial charge in [-0.1, -0.05) is 0 Å². The Bertz CT molecular complexity index is 852. The standard InChI is InChI=1S/C15H11BrFN3O/c1-9-7-18-20(8-9)13-6-12(16)15(21)19-14(13)10-2-4-11(17)5-3-10/h2-8H,1H3,(H,19,21). The molecule has 21 heavy (non-hydrogen) atoms. The van der Waals surface area contributed by atoms with Gasteiger partial charge in [-0.15, -0.1) is 0 Å². The number of aromatic nitrogens is 3. The van der Waals surface area contributed by atoms with Crippen molar-refractivity contribution in [2.24, 2.45) is 0 Å². The number of nitrogens with zero attached hydrogens (tertiary/aromatic N) is 2. The highest BCUT2D eigenvalue weighted by Crippen LogP contribution is 2.25. The van der Waals surface area contributed by atoms with Crippen LogP contribution < -0.4 is 5.56 Å². The number of aromatic amines is 1. The molecule has 0 spiro atoms. The normalized spacial score (nSPS) is 10.8. The minimum Gasteiger partial charge on any atom is -0.319 e. The predicted molar refractivity (Wildman–Crippen MR) is 82.0 cm³/mol. The summed E-state index contributed by atoms with van der Waals surface area (Å²) < 4.78 is 15.2. The summed E-state index contributed by atoms with van der Waals surface area (Å²) in [6.07, 6.45) is 3.58. The highest BCUT2D eigenvalue weighted by atomic mass is 79.9. The van der Waals surface area contributed by atoms with Crippen LogP contribution in [0.15, 0.2) is 52.0 Å². The van der Waals surface area contributed by atoms with Crippen LogP contribution in [0.2, 0.25) is 0 Å². The van der Waals surface area contributed by atoms with E-state index in [1.807, 2.05) is 13.1 Å². The van der Waals surface area contributed by atoms with E-state index in [1.165, 1.54) is 12.1 Å². The molecule has 1 aromatic carbocycles. The zero-order chi connectivity index (χ0) is 15.0. The number of rotatable bonds is 2. The zero-order valence-corrected chi connectivity index (χ0v) is 12.7. The fourth-order valence-corrected chi connectivity index (χ4v) is 2.37. The van der Waals surface area contributed by atoms with Gasteiger partial charge >= 0.3 is 0 Å². The van der Waals surface area contributed by atoms with Crippen LogP contribution in [-0.4, -0.2) is 14.8 Å². The molecule has 0 amide bonds. The van der Waals surface area contributed by atoms with Gasteiger partial charge in [0.05, 0.1) is 22.1 Å². The van der Waals surface area contributed by atoms with E-state index in [4.69, 9.17) is 0 Å². The highest BCUT2D eigenvalue weighted by Gasteiger charge is 2.12. The first kappa shape index (κ1) is 13.8. The van der Waals surface area contributed by atoms with Crippen molar-refractivity contribution in [3.05, 3.63) is 68.9 Å². The van der Waals surface area contributed by atoms with E-state index in [2.05, 4.69) is 26.0 Å². The average molecular weight is 348 g/mol. The molecule has 3 rings (SSSR count). The Balaban J connectivity index is 2.25. The second-order valence-corrected chi connectivity index (χ2v) is 5.53. The Morgan fingerprint density at radius 3 is 2.62 bits per heavy atom. The molecule has 2 aromatic heterocycles. The average Bonchev–Trinajstić information content (AvgIpc) is 2.89. The Morgan fingerprint density at radius 2 is 2.00 bits per heavy atom. The maximum Gasteiger partial charge on any atom is 0.262 e. The van der Waals surface area contributed by atoms with Crippen LogP contribution in [-0.2, 0) is 0 Å². The van der Waals surface area contributed by atoms with E-state index >= 15 is 0 Å². The van der Waals surface area contributed by atoms with Gasteiger partial charge in [0.2, 0.25) is 0 Å². The third kappa shape index (κ3) is 2.67. The van der Waals surface area contributed by atoms with Gasteiger partial charge in [0.15, 0.2) is 0 Å². The van der Waals surface area contributed by atoms with Crippen molar-refractivity contribution in [2.45, 2.75) is 6.92 Å². The molecule has 1 N–H and O–H groups in total. The molecule has 6 heteroatoms. The SMILES string of the molecule is Cc1cnn(-c2cc(Br)c(=O)[nH]c2-c2ccc(F)cc2)c1. The molecule has 4 nitrogen and oxygen atoms in total. The smallest absolute Gasteiger partial charge is 0.262 e. The molecule has 0 radical (unpaired) electrons. The summed E-state index contributed by atoms with van der Waals surface area (Å²) in [5.74, 6) is -0.324. The summed E-state index contributed by atoms with van der Waals surface area (Å²) in [5, 5.41) is 4.26. The third-order valence-corrected chi connectivity index (χ3v) is 3.66. The summed E-state index contributed by atoms with van der Waals surface area (Å²) in [7, 11) is 0. The van der Waals surface area contributed by atoms with Crippen molar-refractivity contribution >= 4 is 15.9 Å². The monoisotopic (exact) mass is 347 g/mol. The lowest BCUT2D eigenvalue weighted by atomic mass is 10.1. The minimum absolute atomic E-state index is 0.248. The summed E-state index contributed by atoms with van der Waals surface area (Å²) in [6.45, 7) is 1.93. The van der Waals surface area contributed by atoms with E-state index < -0.39 is 0 Å². The van der Waals surface area contributed by atoms with Crippen LogP contribution in [0.25, 0.3) is 16.9 Å². The number of pyridine rings is 1. The van der Waals surface area contributed by atoms with Crippen LogP contribution >= 0.6 is 15.9 Å². The van der Waals surface area contributed by atoms with Crippen LogP contribution in [0.4, 0.5) is 4.39 Å². The number of hydrogen-bond donors (Lipinski definition) is 1. The highest BCUT2D eigenvalue weighted by molar-refractivity contribution is 9.10. The molecule has 0 fully saturated rings. The van der Waals surface area contributed by atoms with E-state index in [0.29, 0.717) is 21.4 Å². The Labute approximate surface area is 128 Å². The maximum atomic E-state index is 13.1. The lowest BCUT2D eigenvalue weighted by Crippen LogP contribution is -2.11. The lowest BCUT2D eigenvalue weighted by Gasteiger charge is -2.10. The summed E-state index contributed by atoms with van der Waals surface area (Å²) in [6, 6.07) is 7.65. The van der Waals surface area contributed by atoms with Gasteiger partial charge < -0.3 is 4.98 Å². The second-order valence-electron chi connectivity index (χ2n) is 4.68. The molecule has 0 bridgehead atoms. The molecule has 2 heterocycles. The van der Waals surface area contributed by atoms with Crippen LogP contribution in [0.1, 0.15) is 5.56 Å². The van der Waals surface area contributed by atoms with Gasteiger partial charge in [-0.3, -0.25) is 4.79 Å². The van der Waals surface area contributed by atoms with Gasteiger partial charge in [-0.25, -0.2) is 9.07 Å². The summed E-state index contributed by atoms with van der Waals surface area (Å²) in [4.78, 5) is 14.7. The summed E-state index contributed by atoms with van der Waals surface area (Å²) >= 11 is 3.22. The molecule has 3 aromatic rings. The van der Waals surface area contributed by atoms with Crippen molar-refractivity contribution in [2.75, 3.05) is 0 Å². The predicted octanol–water partition coefficient (Wildman–Crippen LogP) is 3.44. The number of halogens is 2. The second kappa shape index (κ2) is 5.29. The van der Waals surface area contributed by atoms with Crippen molar-refractivity contribution < 1.29 is 4.39 Å². The first-order valence-corrected chi connectivity index (χ1v) is 7.04. The fourth-order valence-electron chi connectivity index (χ4n) is 2.06. The van der Waals surface area contributed by atoms with Crippen molar-refractivity contribution in [1.29, 1.82) is 0 Å². The van der Waals surface area contributed by atoms with E-state index in [9.17, 15) is 9.18 Å². The molecular weight excluding hydrogens is 337 g/mol. The molecule has 0 unspecified atom stereocenters. The van der Waals surface area contributed by atoms with Gasteiger partial charge in [0.25, 0.3) is 5.56 Å². The molecule has 0 saturated carbocycles. The van der Waals surface area contributed by atoms with E-state index in [1.54, 1.807) is 29.1 Å². The largest absolute Gasteiger partial charge is 0.319 e. The third-order valence-electron chi connectivity index (χ3n) is 3.07. The van der Waals surface area contributed by atoms with E-state index in [0.717, 1.165) is 5.56 Å². The molecule has 0 aliphatic heterocycles. The maximum absolute atomic E-state index is 13.1. The number of benzene rings is 1. The molecular formula is C15H11BrFN3O. The van der Waals surface area contributed by atoms with Gasteiger partial charge in [0.1, 0.15) is 5.82 Å². The Kier molecular flexibility index (Phi) is 3.47. The number of aryl methyl sites for hydroxylation is 1. The lowest BCUT2D eigenvalue weighted by molar-refractivity contribution is 0.628. The van der Waals surface area contributed by atoms with Gasteiger partial charge in [-0.05, 0) is 58.7 Å². The Hall–Kier alpha value is -2.21. The zero-order valence-electron chi connectivity index (χ0n) is 11.1. The molecule has 0 saturated heterocycles. The number of nitrogens with one attached hydrogen (secondary N) is 1. The topological polar surface area (TPSA) is 50.7 Å². The molecule has 106 valence electrons. The molecule has 0 aliphatic rings. The Morgan fingerprint density at radius 1 is 1.29 bits per heavy atom. The van der Waals surface area contributed by atoms with Gasteiger partial charge in [-0.2, -0.15) is 5.10 Å². The number of H-pyrrole nitrogens is 1. The first-order valence-electron chi connectivity index (χ1n) is 6.25. The molecule has 0 aliphatic carbocycles. The van der Waals surface area contributed by atoms with Crippen molar-refractivity contribution in [3.8, 4) is 16.9 Å². The number of hydrogen-bond acceptors (Lipinski definition) is 2. The quantitative estimate of drug-likeness (QED) is 0.771. The minimum atomic E-state index is -0.324. The molecule has 0 atom stereocenters.